The zero-order valence-corrected chi connectivity index (χ0v) is 16.0. The van der Waals surface area contributed by atoms with Crippen molar-refractivity contribution in [3.05, 3.63) is 64.7 Å². The van der Waals surface area contributed by atoms with Crippen LogP contribution in [0.25, 0.3) is 0 Å². The molecule has 2 saturated heterocycles. The molecule has 1 N–H and O–H groups in total. The predicted molar refractivity (Wildman–Crippen MR) is 108 cm³/mol. The highest BCUT2D eigenvalue weighted by molar-refractivity contribution is 6.31. The van der Waals surface area contributed by atoms with E-state index < -0.39 is 0 Å². The van der Waals surface area contributed by atoms with Crippen LogP contribution >= 0.6 is 11.6 Å². The predicted octanol–water partition coefficient (Wildman–Crippen LogP) is 2.96. The Labute approximate surface area is 164 Å². The Kier molecular flexibility index (Phi) is 5.62. The van der Waals surface area contributed by atoms with Gasteiger partial charge in [-0.05, 0) is 35.9 Å². The Balaban J connectivity index is 1.54. The van der Waals surface area contributed by atoms with Gasteiger partial charge in [-0.25, -0.2) is 0 Å². The lowest BCUT2D eigenvalue weighted by Crippen LogP contribution is -2.48. The van der Waals surface area contributed by atoms with Crippen molar-refractivity contribution >= 4 is 23.2 Å². The van der Waals surface area contributed by atoms with Crippen LogP contribution in [-0.2, 0) is 4.74 Å². The summed E-state index contributed by atoms with van der Waals surface area (Å²) in [5, 5.41) is 4.08. The van der Waals surface area contributed by atoms with Crippen molar-refractivity contribution in [1.82, 2.24) is 10.2 Å². The summed E-state index contributed by atoms with van der Waals surface area (Å²) in [7, 11) is 0. The number of anilines is 1. The van der Waals surface area contributed by atoms with Crippen LogP contribution in [0.5, 0.6) is 0 Å². The normalized spacial score (nSPS) is 20.6. The number of halogens is 1. The molecule has 27 heavy (non-hydrogen) atoms. The van der Waals surface area contributed by atoms with Crippen LogP contribution in [0.15, 0.2) is 48.5 Å². The SMILES string of the molecule is O=C(c1ccc(N2CCOCC2)cc1)N1CCNCC1c1ccccc1Cl. The van der Waals surface area contributed by atoms with E-state index in [0.29, 0.717) is 23.7 Å². The molecule has 2 fully saturated rings. The minimum Gasteiger partial charge on any atom is -0.378 e. The van der Waals surface area contributed by atoms with Crippen LogP contribution in [0, 0.1) is 0 Å². The molecule has 1 atom stereocenters. The molecule has 6 heteroatoms. The van der Waals surface area contributed by atoms with Crippen molar-refractivity contribution in [3.63, 3.8) is 0 Å². The van der Waals surface area contributed by atoms with Gasteiger partial charge in [0.2, 0.25) is 0 Å². The molecule has 0 radical (unpaired) electrons. The highest BCUT2D eigenvalue weighted by Crippen LogP contribution is 2.30. The van der Waals surface area contributed by atoms with Gasteiger partial charge in [0.1, 0.15) is 0 Å². The number of benzene rings is 2. The average Bonchev–Trinajstić information content (AvgIpc) is 2.74. The van der Waals surface area contributed by atoms with E-state index in [-0.39, 0.29) is 11.9 Å². The average molecular weight is 386 g/mol. The fraction of sp³-hybridized carbons (Fsp3) is 0.381. The van der Waals surface area contributed by atoms with E-state index in [9.17, 15) is 4.79 Å². The standard InChI is InChI=1S/C21H24ClN3O2/c22-19-4-2-1-3-18(19)20-15-23-9-10-25(20)21(26)16-5-7-17(8-6-16)24-11-13-27-14-12-24/h1-8,20,23H,9-15H2. The molecule has 5 nitrogen and oxygen atoms in total. The van der Waals surface area contributed by atoms with Crippen molar-refractivity contribution in [1.29, 1.82) is 0 Å². The Hall–Kier alpha value is -2.08. The Morgan fingerprint density at radius 3 is 2.52 bits per heavy atom. The third-order valence-corrected chi connectivity index (χ3v) is 5.60. The van der Waals surface area contributed by atoms with Crippen molar-refractivity contribution < 1.29 is 9.53 Å². The number of nitrogens with one attached hydrogen (secondary N) is 1. The number of nitrogens with zero attached hydrogens (tertiary/aromatic N) is 2. The van der Waals surface area contributed by atoms with Crippen molar-refractivity contribution in [2.45, 2.75) is 6.04 Å². The number of morpholine rings is 1. The van der Waals surface area contributed by atoms with Crippen LogP contribution in [0.3, 0.4) is 0 Å². The molecule has 2 aliphatic rings. The number of amides is 1. The van der Waals surface area contributed by atoms with E-state index in [1.165, 1.54) is 0 Å². The number of ether oxygens (including phenoxy) is 1. The summed E-state index contributed by atoms with van der Waals surface area (Å²) in [6.45, 7) is 5.45. The van der Waals surface area contributed by atoms with Gasteiger partial charge >= 0.3 is 0 Å². The molecule has 2 aromatic carbocycles. The molecular formula is C21H24ClN3O2. The second kappa shape index (κ2) is 8.30. The first-order valence-corrected chi connectivity index (χ1v) is 9.81. The van der Waals surface area contributed by atoms with Gasteiger partial charge < -0.3 is 19.9 Å². The minimum atomic E-state index is -0.0566. The zero-order chi connectivity index (χ0) is 18.6. The van der Waals surface area contributed by atoms with E-state index in [1.54, 1.807) is 0 Å². The Morgan fingerprint density at radius 1 is 1.04 bits per heavy atom. The van der Waals surface area contributed by atoms with E-state index >= 15 is 0 Å². The first-order valence-electron chi connectivity index (χ1n) is 9.43. The quantitative estimate of drug-likeness (QED) is 0.882. The summed E-state index contributed by atoms with van der Waals surface area (Å²) >= 11 is 6.40. The first-order chi connectivity index (χ1) is 13.2. The van der Waals surface area contributed by atoms with E-state index in [2.05, 4.69) is 10.2 Å². The maximum Gasteiger partial charge on any atom is 0.254 e. The second-order valence-electron chi connectivity index (χ2n) is 6.89. The van der Waals surface area contributed by atoms with Crippen LogP contribution in [0.4, 0.5) is 5.69 Å². The zero-order valence-electron chi connectivity index (χ0n) is 15.2. The molecule has 2 aromatic rings. The second-order valence-corrected chi connectivity index (χ2v) is 7.29. The molecule has 1 amide bonds. The molecule has 0 aromatic heterocycles. The largest absolute Gasteiger partial charge is 0.378 e. The number of hydrogen-bond acceptors (Lipinski definition) is 4. The summed E-state index contributed by atoms with van der Waals surface area (Å²) in [5.41, 5.74) is 2.84. The van der Waals surface area contributed by atoms with E-state index in [0.717, 1.165) is 44.1 Å². The van der Waals surface area contributed by atoms with Crippen LogP contribution in [-0.4, -0.2) is 56.7 Å². The summed E-state index contributed by atoms with van der Waals surface area (Å²) in [6, 6.07) is 15.6. The smallest absolute Gasteiger partial charge is 0.254 e. The topological polar surface area (TPSA) is 44.8 Å². The molecule has 0 aliphatic carbocycles. The van der Waals surface area contributed by atoms with E-state index in [4.69, 9.17) is 16.3 Å². The van der Waals surface area contributed by atoms with Gasteiger partial charge in [0.05, 0.1) is 19.3 Å². The lowest BCUT2D eigenvalue weighted by molar-refractivity contribution is 0.0634. The number of hydrogen-bond donors (Lipinski definition) is 1. The number of carbonyl (C=O) groups is 1. The lowest BCUT2D eigenvalue weighted by atomic mass is 10.0. The molecular weight excluding hydrogens is 362 g/mol. The van der Waals surface area contributed by atoms with Gasteiger partial charge in [-0.15, -0.1) is 0 Å². The third-order valence-electron chi connectivity index (χ3n) is 5.26. The molecule has 2 aliphatic heterocycles. The maximum absolute atomic E-state index is 13.2. The Morgan fingerprint density at radius 2 is 1.78 bits per heavy atom. The molecule has 142 valence electrons. The summed E-state index contributed by atoms with van der Waals surface area (Å²) in [6.07, 6.45) is 0. The van der Waals surface area contributed by atoms with Crippen molar-refractivity contribution in [3.8, 4) is 0 Å². The highest BCUT2D eigenvalue weighted by Gasteiger charge is 2.29. The van der Waals surface area contributed by atoms with Crippen molar-refractivity contribution in [2.75, 3.05) is 50.8 Å². The number of carbonyl (C=O) groups excluding carboxylic acids is 1. The first kappa shape index (κ1) is 18.3. The van der Waals surface area contributed by atoms with Gasteiger partial charge in [0, 0.05) is 49.0 Å². The molecule has 0 bridgehead atoms. The highest BCUT2D eigenvalue weighted by atomic mass is 35.5. The van der Waals surface area contributed by atoms with Crippen LogP contribution < -0.4 is 10.2 Å². The number of rotatable bonds is 3. The van der Waals surface area contributed by atoms with Gasteiger partial charge in [-0.3, -0.25) is 4.79 Å². The van der Waals surface area contributed by atoms with Crippen LogP contribution in [0.1, 0.15) is 22.0 Å². The fourth-order valence-corrected chi connectivity index (χ4v) is 4.03. The van der Waals surface area contributed by atoms with E-state index in [1.807, 2.05) is 53.4 Å². The monoisotopic (exact) mass is 385 g/mol. The maximum atomic E-state index is 13.2. The third kappa shape index (κ3) is 3.95. The number of piperazine rings is 1. The van der Waals surface area contributed by atoms with Gasteiger partial charge in [0.15, 0.2) is 0 Å². The molecule has 0 spiro atoms. The van der Waals surface area contributed by atoms with Crippen molar-refractivity contribution in [2.24, 2.45) is 0 Å². The molecule has 2 heterocycles. The molecule has 1 unspecified atom stereocenters. The minimum absolute atomic E-state index is 0.0509. The fourth-order valence-electron chi connectivity index (χ4n) is 3.77. The summed E-state index contributed by atoms with van der Waals surface area (Å²) in [4.78, 5) is 17.4. The van der Waals surface area contributed by atoms with Gasteiger partial charge in [-0.1, -0.05) is 29.8 Å². The summed E-state index contributed by atoms with van der Waals surface area (Å²) < 4.78 is 5.41. The van der Waals surface area contributed by atoms with Gasteiger partial charge in [0.25, 0.3) is 5.91 Å². The van der Waals surface area contributed by atoms with Crippen LogP contribution in [0.2, 0.25) is 5.02 Å². The lowest BCUT2D eigenvalue weighted by Gasteiger charge is -2.37. The molecule has 4 rings (SSSR count). The molecule has 0 saturated carbocycles. The Bertz CT molecular complexity index is 790. The summed E-state index contributed by atoms with van der Waals surface area (Å²) in [5.74, 6) is 0.0509. The van der Waals surface area contributed by atoms with Gasteiger partial charge in [-0.2, -0.15) is 0 Å².